The van der Waals surface area contributed by atoms with Gasteiger partial charge in [0.1, 0.15) is 6.79 Å². The molecule has 104 valence electrons. The summed E-state index contributed by atoms with van der Waals surface area (Å²) in [7, 11) is 1.64. The van der Waals surface area contributed by atoms with Crippen LogP contribution in [-0.2, 0) is 9.47 Å². The standard InChI is InChI=1S/C16H22O3/c1-3-16(17)15-7-5-4-6-14(15)12-8-9-13(10-12)19-11-18-2/h4-7,12-13H,3,8-11H2,1-2H3. The van der Waals surface area contributed by atoms with Gasteiger partial charge >= 0.3 is 0 Å². The van der Waals surface area contributed by atoms with E-state index in [1.165, 1.54) is 5.56 Å². The van der Waals surface area contributed by atoms with E-state index >= 15 is 0 Å². The highest BCUT2D eigenvalue weighted by molar-refractivity contribution is 5.97. The molecule has 1 saturated carbocycles. The van der Waals surface area contributed by atoms with Crippen molar-refractivity contribution in [3.63, 3.8) is 0 Å². The Morgan fingerprint density at radius 3 is 2.84 bits per heavy atom. The lowest BCUT2D eigenvalue weighted by Crippen LogP contribution is -2.11. The summed E-state index contributed by atoms with van der Waals surface area (Å²) in [4.78, 5) is 12.0. The Bertz CT molecular complexity index is 428. The number of ketones is 1. The molecule has 1 aromatic rings. The maximum atomic E-state index is 12.0. The van der Waals surface area contributed by atoms with Crippen molar-refractivity contribution in [3.05, 3.63) is 35.4 Å². The van der Waals surface area contributed by atoms with Gasteiger partial charge in [-0.1, -0.05) is 31.2 Å². The molecule has 19 heavy (non-hydrogen) atoms. The van der Waals surface area contributed by atoms with Crippen LogP contribution in [0.4, 0.5) is 0 Å². The first kappa shape index (κ1) is 14.2. The van der Waals surface area contributed by atoms with Gasteiger partial charge in [0.25, 0.3) is 0 Å². The minimum atomic E-state index is 0.233. The van der Waals surface area contributed by atoms with Gasteiger partial charge in [-0.2, -0.15) is 0 Å². The highest BCUT2D eigenvalue weighted by Gasteiger charge is 2.28. The summed E-state index contributed by atoms with van der Waals surface area (Å²) in [6.07, 6.45) is 3.94. The molecule has 1 aliphatic carbocycles. The number of hydrogen-bond donors (Lipinski definition) is 0. The quantitative estimate of drug-likeness (QED) is 0.581. The van der Waals surface area contributed by atoms with E-state index < -0.39 is 0 Å². The molecule has 0 N–H and O–H groups in total. The van der Waals surface area contributed by atoms with Crippen LogP contribution in [-0.4, -0.2) is 25.8 Å². The summed E-state index contributed by atoms with van der Waals surface area (Å²) in [6.45, 7) is 2.27. The Morgan fingerprint density at radius 2 is 2.11 bits per heavy atom. The fourth-order valence-corrected chi connectivity index (χ4v) is 2.84. The van der Waals surface area contributed by atoms with Crippen LogP contribution < -0.4 is 0 Å². The van der Waals surface area contributed by atoms with Crippen LogP contribution in [0.3, 0.4) is 0 Å². The average molecular weight is 262 g/mol. The molecule has 0 bridgehead atoms. The molecule has 1 fully saturated rings. The smallest absolute Gasteiger partial charge is 0.162 e. The second-order valence-corrected chi connectivity index (χ2v) is 5.07. The van der Waals surface area contributed by atoms with Crippen molar-refractivity contribution in [1.82, 2.24) is 0 Å². The normalized spacial score (nSPS) is 22.6. The monoisotopic (exact) mass is 262 g/mol. The fraction of sp³-hybridized carbons (Fsp3) is 0.562. The average Bonchev–Trinajstić information content (AvgIpc) is 2.93. The molecule has 0 radical (unpaired) electrons. The third-order valence-electron chi connectivity index (χ3n) is 3.83. The van der Waals surface area contributed by atoms with Gasteiger partial charge in [0.2, 0.25) is 0 Å². The van der Waals surface area contributed by atoms with E-state index in [2.05, 4.69) is 6.07 Å². The lowest BCUT2D eigenvalue weighted by atomic mass is 9.90. The Labute approximate surface area is 114 Å². The fourth-order valence-electron chi connectivity index (χ4n) is 2.84. The van der Waals surface area contributed by atoms with Crippen molar-refractivity contribution in [2.24, 2.45) is 0 Å². The molecule has 2 atom stereocenters. The maximum Gasteiger partial charge on any atom is 0.162 e. The highest BCUT2D eigenvalue weighted by Crippen LogP contribution is 2.37. The van der Waals surface area contributed by atoms with E-state index in [4.69, 9.17) is 9.47 Å². The van der Waals surface area contributed by atoms with Crippen molar-refractivity contribution in [2.45, 2.75) is 44.6 Å². The van der Waals surface area contributed by atoms with Crippen molar-refractivity contribution < 1.29 is 14.3 Å². The van der Waals surface area contributed by atoms with Crippen LogP contribution in [0.5, 0.6) is 0 Å². The number of carbonyl (C=O) groups excluding carboxylic acids is 1. The molecule has 0 spiro atoms. The van der Waals surface area contributed by atoms with Gasteiger partial charge in [0.15, 0.2) is 5.78 Å². The molecule has 0 aromatic heterocycles. The molecule has 0 saturated heterocycles. The molecule has 3 heteroatoms. The molecule has 0 heterocycles. The number of hydrogen-bond acceptors (Lipinski definition) is 3. The summed E-state index contributed by atoms with van der Waals surface area (Å²) < 4.78 is 10.6. The van der Waals surface area contributed by atoms with Gasteiger partial charge in [-0.05, 0) is 30.7 Å². The molecule has 2 unspecified atom stereocenters. The summed E-state index contributed by atoms with van der Waals surface area (Å²) in [6, 6.07) is 8.00. The Hall–Kier alpha value is -1.19. The lowest BCUT2D eigenvalue weighted by Gasteiger charge is -2.15. The van der Waals surface area contributed by atoms with Crippen molar-refractivity contribution in [2.75, 3.05) is 13.9 Å². The largest absolute Gasteiger partial charge is 0.359 e. The van der Waals surface area contributed by atoms with Gasteiger partial charge in [0.05, 0.1) is 6.10 Å². The number of ether oxygens (including phenoxy) is 2. The van der Waals surface area contributed by atoms with Gasteiger partial charge in [-0.15, -0.1) is 0 Å². The van der Waals surface area contributed by atoms with Crippen LogP contribution in [0.25, 0.3) is 0 Å². The zero-order valence-electron chi connectivity index (χ0n) is 11.7. The maximum absolute atomic E-state index is 12.0. The highest BCUT2D eigenvalue weighted by atomic mass is 16.7. The Balaban J connectivity index is 2.09. The first-order valence-electron chi connectivity index (χ1n) is 6.99. The molecular formula is C16H22O3. The van der Waals surface area contributed by atoms with Crippen LogP contribution in [0.15, 0.2) is 24.3 Å². The molecule has 0 aliphatic heterocycles. The molecule has 3 nitrogen and oxygen atoms in total. The second-order valence-electron chi connectivity index (χ2n) is 5.07. The summed E-state index contributed by atoms with van der Waals surface area (Å²) >= 11 is 0. The first-order valence-corrected chi connectivity index (χ1v) is 6.99. The van der Waals surface area contributed by atoms with Gasteiger partial charge < -0.3 is 9.47 Å². The zero-order chi connectivity index (χ0) is 13.7. The van der Waals surface area contributed by atoms with Crippen LogP contribution >= 0.6 is 0 Å². The third kappa shape index (κ3) is 3.43. The summed E-state index contributed by atoms with van der Waals surface area (Å²) in [5, 5.41) is 0. The second kappa shape index (κ2) is 6.83. The number of Topliss-reactive ketones (excluding diaryl/α,β-unsaturated/α-hetero) is 1. The minimum Gasteiger partial charge on any atom is -0.359 e. The molecule has 1 aromatic carbocycles. The summed E-state index contributed by atoms with van der Waals surface area (Å²) in [5.74, 6) is 0.672. The SMILES string of the molecule is CCC(=O)c1ccccc1C1CCC(OCOC)C1. The van der Waals surface area contributed by atoms with Crippen LogP contribution in [0, 0.1) is 0 Å². The number of carbonyl (C=O) groups is 1. The first-order chi connectivity index (χ1) is 9.26. The zero-order valence-corrected chi connectivity index (χ0v) is 11.7. The predicted octanol–water partition coefficient (Wildman–Crippen LogP) is 3.54. The molecule has 2 rings (SSSR count). The molecule has 1 aliphatic rings. The summed E-state index contributed by atoms with van der Waals surface area (Å²) in [5.41, 5.74) is 2.08. The van der Waals surface area contributed by atoms with Crippen LogP contribution in [0.2, 0.25) is 0 Å². The van der Waals surface area contributed by atoms with E-state index in [-0.39, 0.29) is 11.9 Å². The molecule has 0 amide bonds. The Morgan fingerprint density at radius 1 is 1.32 bits per heavy atom. The van der Waals surface area contributed by atoms with E-state index in [9.17, 15) is 4.79 Å². The number of methoxy groups -OCH3 is 1. The number of rotatable bonds is 6. The predicted molar refractivity (Wildman–Crippen MR) is 74.4 cm³/mol. The molecular weight excluding hydrogens is 240 g/mol. The third-order valence-corrected chi connectivity index (χ3v) is 3.83. The lowest BCUT2D eigenvalue weighted by molar-refractivity contribution is -0.0690. The van der Waals surface area contributed by atoms with E-state index in [0.717, 1.165) is 24.8 Å². The van der Waals surface area contributed by atoms with E-state index in [1.54, 1.807) is 7.11 Å². The number of benzene rings is 1. The van der Waals surface area contributed by atoms with Crippen molar-refractivity contribution >= 4 is 5.78 Å². The van der Waals surface area contributed by atoms with Gasteiger partial charge in [-0.25, -0.2) is 0 Å². The minimum absolute atomic E-state index is 0.233. The van der Waals surface area contributed by atoms with Crippen molar-refractivity contribution in [3.8, 4) is 0 Å². The van der Waals surface area contributed by atoms with Gasteiger partial charge in [0, 0.05) is 19.1 Å². The Kier molecular flexibility index (Phi) is 5.11. The van der Waals surface area contributed by atoms with E-state index in [1.807, 2.05) is 25.1 Å². The van der Waals surface area contributed by atoms with Gasteiger partial charge in [-0.3, -0.25) is 4.79 Å². The topological polar surface area (TPSA) is 35.5 Å². The van der Waals surface area contributed by atoms with E-state index in [0.29, 0.717) is 19.1 Å². The van der Waals surface area contributed by atoms with Crippen LogP contribution in [0.1, 0.15) is 54.4 Å². The van der Waals surface area contributed by atoms with Crippen molar-refractivity contribution in [1.29, 1.82) is 0 Å².